The van der Waals surface area contributed by atoms with Gasteiger partial charge in [-0.3, -0.25) is 0 Å². The van der Waals surface area contributed by atoms with Crippen LogP contribution in [0.25, 0.3) is 0 Å². The van der Waals surface area contributed by atoms with Gasteiger partial charge in [-0.25, -0.2) is 0 Å². The SMILES string of the molecule is CC(C)CCCCCCC[N+](C)(C)[O-]. The molecule has 0 aliphatic heterocycles. The minimum absolute atomic E-state index is 0.133. The molecule has 0 fully saturated rings. The number of quaternary nitrogens is 1. The van der Waals surface area contributed by atoms with E-state index >= 15 is 0 Å². The van der Waals surface area contributed by atoms with E-state index in [2.05, 4.69) is 13.8 Å². The first-order chi connectivity index (χ1) is 6.42. The lowest BCUT2D eigenvalue weighted by Crippen LogP contribution is -2.32. The summed E-state index contributed by atoms with van der Waals surface area (Å²) in [7, 11) is 3.44. The van der Waals surface area contributed by atoms with Crippen LogP contribution in [0.3, 0.4) is 0 Å². The Morgan fingerprint density at radius 2 is 1.43 bits per heavy atom. The molecular weight excluding hydrogens is 174 g/mol. The van der Waals surface area contributed by atoms with E-state index in [1.165, 1.54) is 32.1 Å². The molecular formula is C12H27NO. The van der Waals surface area contributed by atoms with E-state index in [9.17, 15) is 5.21 Å². The van der Waals surface area contributed by atoms with Crippen LogP contribution in [0.1, 0.15) is 52.4 Å². The van der Waals surface area contributed by atoms with Gasteiger partial charge in [0, 0.05) is 0 Å². The molecule has 0 amide bonds. The van der Waals surface area contributed by atoms with Crippen molar-refractivity contribution in [1.29, 1.82) is 0 Å². The van der Waals surface area contributed by atoms with Gasteiger partial charge in [0.2, 0.25) is 0 Å². The molecule has 0 aromatic heterocycles. The molecule has 0 spiro atoms. The van der Waals surface area contributed by atoms with Gasteiger partial charge >= 0.3 is 0 Å². The maximum Gasteiger partial charge on any atom is 0.0779 e. The van der Waals surface area contributed by atoms with E-state index in [-0.39, 0.29) is 4.65 Å². The van der Waals surface area contributed by atoms with Crippen LogP contribution in [-0.4, -0.2) is 25.3 Å². The average Bonchev–Trinajstić information content (AvgIpc) is 2.00. The van der Waals surface area contributed by atoms with Crippen molar-refractivity contribution >= 4 is 0 Å². The molecule has 0 aromatic carbocycles. The molecule has 0 saturated heterocycles. The molecule has 0 radical (unpaired) electrons. The highest BCUT2D eigenvalue weighted by molar-refractivity contribution is 4.48. The van der Waals surface area contributed by atoms with E-state index in [1.807, 2.05) is 0 Å². The van der Waals surface area contributed by atoms with Crippen molar-refractivity contribution in [3.63, 3.8) is 0 Å². The molecule has 0 atom stereocenters. The Hall–Kier alpha value is -0.0800. The van der Waals surface area contributed by atoms with Crippen molar-refractivity contribution in [2.75, 3.05) is 20.6 Å². The summed E-state index contributed by atoms with van der Waals surface area (Å²) in [4.78, 5) is 0. The first-order valence-electron chi connectivity index (χ1n) is 5.96. The minimum Gasteiger partial charge on any atom is -0.633 e. The van der Waals surface area contributed by atoms with Crippen LogP contribution >= 0.6 is 0 Å². The van der Waals surface area contributed by atoms with Crippen LogP contribution < -0.4 is 0 Å². The monoisotopic (exact) mass is 201 g/mol. The molecule has 0 aromatic rings. The molecule has 2 nitrogen and oxygen atoms in total. The largest absolute Gasteiger partial charge is 0.633 e. The number of nitrogens with zero attached hydrogens (tertiary/aromatic N) is 1. The third-order valence-corrected chi connectivity index (χ3v) is 2.48. The summed E-state index contributed by atoms with van der Waals surface area (Å²) in [5, 5.41) is 11.2. The molecule has 0 heterocycles. The molecule has 0 rings (SSSR count). The maximum absolute atomic E-state index is 11.2. The number of hydrogen-bond donors (Lipinski definition) is 0. The van der Waals surface area contributed by atoms with Crippen molar-refractivity contribution in [3.05, 3.63) is 5.21 Å². The fraction of sp³-hybridized carbons (Fsp3) is 1.00. The first kappa shape index (κ1) is 13.9. The normalized spacial score (nSPS) is 12.4. The van der Waals surface area contributed by atoms with Crippen LogP contribution in [-0.2, 0) is 0 Å². The van der Waals surface area contributed by atoms with Crippen molar-refractivity contribution in [2.24, 2.45) is 5.92 Å². The second-order valence-corrected chi connectivity index (χ2v) is 5.25. The third kappa shape index (κ3) is 11.9. The molecule has 2 heteroatoms. The van der Waals surface area contributed by atoms with Gasteiger partial charge < -0.3 is 9.85 Å². The summed E-state index contributed by atoms with van der Waals surface area (Å²) in [5.41, 5.74) is 0. The zero-order valence-electron chi connectivity index (χ0n) is 10.4. The van der Waals surface area contributed by atoms with Crippen LogP contribution in [0, 0.1) is 11.1 Å². The molecule has 86 valence electrons. The van der Waals surface area contributed by atoms with Crippen molar-refractivity contribution in [1.82, 2.24) is 0 Å². The van der Waals surface area contributed by atoms with Crippen molar-refractivity contribution in [2.45, 2.75) is 52.4 Å². The van der Waals surface area contributed by atoms with Crippen molar-refractivity contribution < 1.29 is 4.65 Å². The Kier molecular flexibility index (Phi) is 7.20. The highest BCUT2D eigenvalue weighted by Gasteiger charge is 2.00. The molecule has 0 aliphatic rings. The number of hydroxylamine groups is 3. The predicted octanol–water partition coefficient (Wildman–Crippen LogP) is 3.56. The minimum atomic E-state index is -0.133. The molecule has 0 unspecified atom stereocenters. The van der Waals surface area contributed by atoms with Crippen LogP contribution in [0.4, 0.5) is 0 Å². The van der Waals surface area contributed by atoms with Gasteiger partial charge in [0.05, 0.1) is 20.6 Å². The highest BCUT2D eigenvalue weighted by atomic mass is 16.5. The zero-order chi connectivity index (χ0) is 11.0. The second-order valence-electron chi connectivity index (χ2n) is 5.25. The summed E-state index contributed by atoms with van der Waals surface area (Å²) in [6.07, 6.45) is 7.65. The fourth-order valence-corrected chi connectivity index (χ4v) is 1.58. The standard InChI is InChI=1S/C12H27NO/c1-12(2)10-8-6-5-7-9-11-13(3,4)14/h12H,5-11H2,1-4H3. The average molecular weight is 201 g/mol. The summed E-state index contributed by atoms with van der Waals surface area (Å²) >= 11 is 0. The lowest BCUT2D eigenvalue weighted by molar-refractivity contribution is -0.840. The summed E-state index contributed by atoms with van der Waals surface area (Å²) < 4.78 is -0.133. The Bertz CT molecular complexity index is 127. The highest BCUT2D eigenvalue weighted by Crippen LogP contribution is 2.11. The van der Waals surface area contributed by atoms with Crippen molar-refractivity contribution in [3.8, 4) is 0 Å². The Morgan fingerprint density at radius 3 is 1.93 bits per heavy atom. The van der Waals surface area contributed by atoms with Gasteiger partial charge in [-0.05, 0) is 18.8 Å². The number of hydrogen-bond acceptors (Lipinski definition) is 1. The second kappa shape index (κ2) is 7.24. The molecule has 0 saturated carbocycles. The smallest absolute Gasteiger partial charge is 0.0779 e. The Balaban J connectivity index is 3.07. The molecule has 0 aliphatic carbocycles. The summed E-state index contributed by atoms with van der Waals surface area (Å²) in [6.45, 7) is 5.32. The quantitative estimate of drug-likeness (QED) is 0.334. The first-order valence-corrected chi connectivity index (χ1v) is 5.96. The van der Waals surface area contributed by atoms with Gasteiger partial charge in [0.15, 0.2) is 0 Å². The lowest BCUT2D eigenvalue weighted by Gasteiger charge is -2.33. The fourth-order valence-electron chi connectivity index (χ4n) is 1.58. The van der Waals surface area contributed by atoms with E-state index < -0.39 is 0 Å². The predicted molar refractivity (Wildman–Crippen MR) is 62.9 cm³/mol. The number of unbranched alkanes of at least 4 members (excludes halogenated alkanes) is 4. The van der Waals surface area contributed by atoms with Gasteiger partial charge in [-0.2, -0.15) is 0 Å². The van der Waals surface area contributed by atoms with E-state index in [0.717, 1.165) is 18.9 Å². The van der Waals surface area contributed by atoms with Crippen LogP contribution in [0.2, 0.25) is 0 Å². The van der Waals surface area contributed by atoms with Crippen LogP contribution in [0.15, 0.2) is 0 Å². The van der Waals surface area contributed by atoms with Gasteiger partial charge in [-0.15, -0.1) is 0 Å². The topological polar surface area (TPSA) is 23.1 Å². The van der Waals surface area contributed by atoms with E-state index in [4.69, 9.17) is 0 Å². The molecule has 0 bridgehead atoms. The van der Waals surface area contributed by atoms with Crippen LogP contribution in [0.5, 0.6) is 0 Å². The van der Waals surface area contributed by atoms with Gasteiger partial charge in [0.1, 0.15) is 0 Å². The lowest BCUT2D eigenvalue weighted by atomic mass is 10.0. The Labute approximate surface area is 89.5 Å². The third-order valence-electron chi connectivity index (χ3n) is 2.48. The number of rotatable bonds is 8. The zero-order valence-corrected chi connectivity index (χ0v) is 10.4. The summed E-state index contributed by atoms with van der Waals surface area (Å²) in [6, 6.07) is 0. The molecule has 0 N–H and O–H groups in total. The van der Waals surface area contributed by atoms with E-state index in [1.54, 1.807) is 14.1 Å². The van der Waals surface area contributed by atoms with Gasteiger partial charge in [-0.1, -0.05) is 39.5 Å². The maximum atomic E-state index is 11.2. The Morgan fingerprint density at radius 1 is 0.929 bits per heavy atom. The van der Waals surface area contributed by atoms with E-state index in [0.29, 0.717) is 0 Å². The summed E-state index contributed by atoms with van der Waals surface area (Å²) in [5.74, 6) is 0.840. The molecule has 14 heavy (non-hydrogen) atoms. The van der Waals surface area contributed by atoms with Gasteiger partial charge in [0.25, 0.3) is 0 Å².